The van der Waals surface area contributed by atoms with E-state index >= 15 is 0 Å². The molecule has 2 fully saturated rings. The minimum absolute atomic E-state index is 0.0820. The van der Waals surface area contributed by atoms with Gasteiger partial charge >= 0.3 is 0 Å². The molecular weight excluding hydrogens is 204 g/mol. The highest BCUT2D eigenvalue weighted by molar-refractivity contribution is 5.75. The minimum Gasteiger partial charge on any atom is -0.391 e. The van der Waals surface area contributed by atoms with Gasteiger partial charge in [0, 0.05) is 31.0 Å². The summed E-state index contributed by atoms with van der Waals surface area (Å²) < 4.78 is 0. The Morgan fingerprint density at radius 1 is 1.50 bits per heavy atom. The highest BCUT2D eigenvalue weighted by Gasteiger charge is 2.59. The molecular formula is C12H22N2O2. The first-order valence-corrected chi connectivity index (χ1v) is 6.08. The summed E-state index contributed by atoms with van der Waals surface area (Å²) in [6, 6.07) is 0.142. The zero-order valence-corrected chi connectivity index (χ0v) is 10.3. The number of carbonyl (C=O) groups is 1. The van der Waals surface area contributed by atoms with Crippen LogP contribution in [-0.2, 0) is 4.79 Å². The van der Waals surface area contributed by atoms with Crippen LogP contribution in [0.25, 0.3) is 0 Å². The Morgan fingerprint density at radius 2 is 2.12 bits per heavy atom. The summed E-state index contributed by atoms with van der Waals surface area (Å²) in [5.41, 5.74) is 5.98. The van der Waals surface area contributed by atoms with Crippen molar-refractivity contribution < 1.29 is 9.90 Å². The van der Waals surface area contributed by atoms with Crippen LogP contribution in [0.4, 0.5) is 0 Å². The third-order valence-corrected chi connectivity index (χ3v) is 4.24. The second kappa shape index (κ2) is 3.70. The molecule has 2 rings (SSSR count). The van der Waals surface area contributed by atoms with Crippen LogP contribution in [0, 0.1) is 11.3 Å². The number of carbonyl (C=O) groups excluding carboxylic acids is 1. The van der Waals surface area contributed by atoms with Crippen molar-refractivity contribution in [3.05, 3.63) is 0 Å². The van der Waals surface area contributed by atoms with Gasteiger partial charge in [-0.1, -0.05) is 13.8 Å². The summed E-state index contributed by atoms with van der Waals surface area (Å²) in [5, 5.41) is 9.79. The fourth-order valence-electron chi connectivity index (χ4n) is 3.75. The molecule has 0 radical (unpaired) electrons. The van der Waals surface area contributed by atoms with Crippen molar-refractivity contribution in [1.29, 1.82) is 0 Å². The van der Waals surface area contributed by atoms with E-state index in [0.717, 1.165) is 19.4 Å². The van der Waals surface area contributed by atoms with E-state index < -0.39 is 6.10 Å². The number of hydrogen-bond acceptors (Lipinski definition) is 3. The van der Waals surface area contributed by atoms with Gasteiger partial charge in [-0.25, -0.2) is 0 Å². The topological polar surface area (TPSA) is 66.6 Å². The van der Waals surface area contributed by atoms with E-state index in [2.05, 4.69) is 13.8 Å². The van der Waals surface area contributed by atoms with Gasteiger partial charge in [0.2, 0.25) is 5.91 Å². The molecule has 92 valence electrons. The van der Waals surface area contributed by atoms with Crippen LogP contribution in [0.1, 0.15) is 33.6 Å². The lowest BCUT2D eigenvalue weighted by molar-refractivity contribution is -0.158. The average molecular weight is 226 g/mol. The van der Waals surface area contributed by atoms with E-state index in [4.69, 9.17) is 5.73 Å². The Bertz CT molecular complexity index is 293. The van der Waals surface area contributed by atoms with E-state index in [1.165, 1.54) is 0 Å². The molecule has 0 aromatic carbocycles. The number of amides is 1. The first-order valence-electron chi connectivity index (χ1n) is 6.08. The van der Waals surface area contributed by atoms with Crippen molar-refractivity contribution in [3.8, 4) is 0 Å². The van der Waals surface area contributed by atoms with Crippen molar-refractivity contribution in [1.82, 2.24) is 4.90 Å². The molecule has 3 N–H and O–H groups in total. The second-order valence-corrected chi connectivity index (χ2v) is 5.84. The maximum Gasteiger partial charge on any atom is 0.219 e. The molecule has 1 spiro atoms. The summed E-state index contributed by atoms with van der Waals surface area (Å²) in [4.78, 5) is 13.4. The van der Waals surface area contributed by atoms with Crippen molar-refractivity contribution in [2.45, 2.75) is 51.8 Å². The molecule has 1 saturated carbocycles. The third kappa shape index (κ3) is 1.55. The Kier molecular flexibility index (Phi) is 2.75. The molecule has 1 heterocycles. The van der Waals surface area contributed by atoms with Crippen LogP contribution in [-0.4, -0.2) is 40.6 Å². The summed E-state index contributed by atoms with van der Waals surface area (Å²) in [6.45, 7) is 6.67. The first-order chi connectivity index (χ1) is 7.37. The monoisotopic (exact) mass is 226 g/mol. The molecule has 2 aliphatic rings. The highest BCUT2D eigenvalue weighted by atomic mass is 16.3. The van der Waals surface area contributed by atoms with Crippen LogP contribution in [0.15, 0.2) is 0 Å². The number of nitrogens with zero attached hydrogens (tertiary/aromatic N) is 1. The summed E-state index contributed by atoms with van der Waals surface area (Å²) in [5.74, 6) is 0.564. The van der Waals surface area contributed by atoms with Crippen LogP contribution >= 0.6 is 0 Å². The summed E-state index contributed by atoms with van der Waals surface area (Å²) in [7, 11) is 0. The maximum absolute atomic E-state index is 11.5. The first kappa shape index (κ1) is 11.9. The Labute approximate surface area is 96.8 Å². The highest BCUT2D eigenvalue weighted by Crippen LogP contribution is 2.52. The van der Waals surface area contributed by atoms with Crippen LogP contribution in [0.2, 0.25) is 0 Å². The van der Waals surface area contributed by atoms with Gasteiger partial charge in [0.25, 0.3) is 0 Å². The van der Waals surface area contributed by atoms with Gasteiger partial charge < -0.3 is 15.7 Å². The van der Waals surface area contributed by atoms with Crippen molar-refractivity contribution in [2.24, 2.45) is 17.1 Å². The molecule has 16 heavy (non-hydrogen) atoms. The second-order valence-electron chi connectivity index (χ2n) is 5.84. The Morgan fingerprint density at radius 3 is 2.50 bits per heavy atom. The molecule has 1 amide bonds. The molecule has 4 nitrogen and oxygen atoms in total. The molecule has 1 aliphatic carbocycles. The predicted octanol–water partition coefficient (Wildman–Crippen LogP) is 0.341. The molecule has 1 aliphatic heterocycles. The normalized spacial score (nSPS) is 42.9. The largest absolute Gasteiger partial charge is 0.391 e. The SMILES string of the molecule is CC(=O)N1CC2(C[C@@H](N)[C@H](O)C2)C1C(C)C. The number of aliphatic hydroxyl groups is 1. The molecule has 0 aromatic heterocycles. The standard InChI is InChI=1S/C12H22N2O2/c1-7(2)11-12(6-14(11)8(3)15)4-9(13)10(16)5-12/h7,9-11,16H,4-6,13H2,1-3H3/t9-,10-,11?,12?/m1/s1. The minimum atomic E-state index is -0.393. The zero-order valence-electron chi connectivity index (χ0n) is 10.3. The predicted molar refractivity (Wildman–Crippen MR) is 61.7 cm³/mol. The van der Waals surface area contributed by atoms with E-state index in [9.17, 15) is 9.90 Å². The van der Waals surface area contributed by atoms with Gasteiger partial charge in [-0.05, 0) is 18.8 Å². The average Bonchev–Trinajstić information content (AvgIpc) is 2.40. The van der Waals surface area contributed by atoms with E-state index in [1.807, 2.05) is 4.90 Å². The summed E-state index contributed by atoms with van der Waals surface area (Å²) in [6.07, 6.45) is 1.21. The number of likely N-dealkylation sites (tertiary alicyclic amines) is 1. The van der Waals surface area contributed by atoms with Gasteiger partial charge in [-0.2, -0.15) is 0 Å². The number of hydrogen-bond donors (Lipinski definition) is 2. The molecule has 4 atom stereocenters. The lowest BCUT2D eigenvalue weighted by Gasteiger charge is -2.58. The van der Waals surface area contributed by atoms with Gasteiger partial charge in [-0.15, -0.1) is 0 Å². The lowest BCUT2D eigenvalue weighted by atomic mass is 9.65. The molecule has 2 unspecified atom stereocenters. The van der Waals surface area contributed by atoms with E-state index in [-0.39, 0.29) is 23.4 Å². The number of nitrogens with two attached hydrogens (primary N) is 1. The van der Waals surface area contributed by atoms with Crippen LogP contribution in [0.3, 0.4) is 0 Å². The number of aliphatic hydroxyl groups excluding tert-OH is 1. The number of rotatable bonds is 1. The Balaban J connectivity index is 2.16. The molecule has 0 aromatic rings. The van der Waals surface area contributed by atoms with Crippen LogP contribution in [0.5, 0.6) is 0 Å². The van der Waals surface area contributed by atoms with E-state index in [1.54, 1.807) is 6.92 Å². The fourth-order valence-corrected chi connectivity index (χ4v) is 3.75. The van der Waals surface area contributed by atoms with Crippen LogP contribution < -0.4 is 5.73 Å². The van der Waals surface area contributed by atoms with Gasteiger partial charge in [0.15, 0.2) is 0 Å². The quantitative estimate of drug-likeness (QED) is 0.677. The molecule has 4 heteroatoms. The maximum atomic E-state index is 11.5. The van der Waals surface area contributed by atoms with Crippen molar-refractivity contribution >= 4 is 5.91 Å². The Hall–Kier alpha value is -0.610. The smallest absolute Gasteiger partial charge is 0.219 e. The lowest BCUT2D eigenvalue weighted by Crippen LogP contribution is -2.67. The fraction of sp³-hybridized carbons (Fsp3) is 0.917. The van der Waals surface area contributed by atoms with Crippen molar-refractivity contribution in [3.63, 3.8) is 0 Å². The van der Waals surface area contributed by atoms with Gasteiger partial charge in [0.05, 0.1) is 6.10 Å². The van der Waals surface area contributed by atoms with Gasteiger partial charge in [-0.3, -0.25) is 4.79 Å². The zero-order chi connectivity index (χ0) is 12.1. The third-order valence-electron chi connectivity index (χ3n) is 4.24. The molecule has 0 bridgehead atoms. The van der Waals surface area contributed by atoms with Gasteiger partial charge in [0.1, 0.15) is 0 Å². The summed E-state index contributed by atoms with van der Waals surface area (Å²) >= 11 is 0. The molecule has 1 saturated heterocycles. The van der Waals surface area contributed by atoms with Crippen molar-refractivity contribution in [2.75, 3.05) is 6.54 Å². The van der Waals surface area contributed by atoms with E-state index in [0.29, 0.717) is 5.92 Å².